The fourth-order valence-electron chi connectivity index (χ4n) is 4.71. The predicted octanol–water partition coefficient (Wildman–Crippen LogP) is 1.76. The topological polar surface area (TPSA) is 92.9 Å². The van der Waals surface area contributed by atoms with Crippen molar-refractivity contribution in [1.82, 2.24) is 24.1 Å². The number of sulfonamides is 1. The first-order valence-electron chi connectivity index (χ1n) is 10.5. The number of hydrogen-bond acceptors (Lipinski definition) is 7. The summed E-state index contributed by atoms with van der Waals surface area (Å²) in [6.07, 6.45) is 0.764. The van der Waals surface area contributed by atoms with E-state index >= 15 is 0 Å². The summed E-state index contributed by atoms with van der Waals surface area (Å²) in [4.78, 5) is 2.57. The minimum Gasteiger partial charge on any atom is -0.496 e. The van der Waals surface area contributed by atoms with Crippen LogP contribution in [0.2, 0.25) is 0 Å². The molecule has 10 heteroatoms. The maximum absolute atomic E-state index is 13.2. The molecule has 164 valence electrons. The lowest BCUT2D eigenvalue weighted by atomic mass is 10.0. The van der Waals surface area contributed by atoms with E-state index in [1.165, 1.54) is 0 Å². The van der Waals surface area contributed by atoms with Gasteiger partial charge in [-0.1, -0.05) is 6.92 Å². The van der Waals surface area contributed by atoms with Gasteiger partial charge in [0.2, 0.25) is 10.0 Å². The SMILES string of the molecule is CCc1nnc2ccc(N3CC4CN(S(=O)(=O)c5ccc(OC)c(C)c5)CC4C3)nn12. The van der Waals surface area contributed by atoms with Crippen LogP contribution in [0.5, 0.6) is 5.75 Å². The molecule has 0 amide bonds. The second kappa shape index (κ2) is 7.45. The monoisotopic (exact) mass is 442 g/mol. The number of benzene rings is 1. The van der Waals surface area contributed by atoms with Crippen LogP contribution in [0.3, 0.4) is 0 Å². The Hall–Kier alpha value is -2.72. The van der Waals surface area contributed by atoms with E-state index in [0.717, 1.165) is 42.4 Å². The molecule has 0 bridgehead atoms. The molecule has 2 fully saturated rings. The fraction of sp³-hybridized carbons (Fsp3) is 0.476. The Bertz CT molecular complexity index is 1230. The van der Waals surface area contributed by atoms with Gasteiger partial charge in [0.05, 0.1) is 12.0 Å². The number of ether oxygens (including phenoxy) is 1. The average Bonchev–Trinajstić information content (AvgIpc) is 3.46. The standard InChI is InChI=1S/C21H26N6O3S/c1-4-19-22-23-20-7-8-21(24-27(19)20)25-10-15-12-26(13-16(15)11-25)31(28,29)17-5-6-18(30-3)14(2)9-17/h5-9,15-16H,4,10-13H2,1-3H3. The van der Waals surface area contributed by atoms with E-state index in [0.29, 0.717) is 23.7 Å². The van der Waals surface area contributed by atoms with Crippen LogP contribution in [0.15, 0.2) is 35.2 Å². The minimum absolute atomic E-state index is 0.290. The molecule has 0 aliphatic carbocycles. The van der Waals surface area contributed by atoms with Crippen molar-refractivity contribution in [3.05, 3.63) is 41.7 Å². The van der Waals surface area contributed by atoms with E-state index in [4.69, 9.17) is 9.84 Å². The number of hydrogen-bond donors (Lipinski definition) is 0. The van der Waals surface area contributed by atoms with Gasteiger partial charge in [-0.05, 0) is 54.7 Å². The van der Waals surface area contributed by atoms with Crippen molar-refractivity contribution < 1.29 is 13.2 Å². The van der Waals surface area contributed by atoms with Gasteiger partial charge in [0, 0.05) is 32.6 Å². The normalized spacial score (nSPS) is 21.7. The molecule has 2 aliphatic rings. The second-order valence-electron chi connectivity index (χ2n) is 8.31. The molecule has 0 N–H and O–H groups in total. The van der Waals surface area contributed by atoms with Crippen LogP contribution in [-0.4, -0.2) is 65.8 Å². The summed E-state index contributed by atoms with van der Waals surface area (Å²) in [5.74, 6) is 2.99. The minimum atomic E-state index is -3.52. The van der Waals surface area contributed by atoms with Crippen molar-refractivity contribution in [2.24, 2.45) is 11.8 Å². The van der Waals surface area contributed by atoms with Crippen molar-refractivity contribution in [1.29, 1.82) is 0 Å². The Morgan fingerprint density at radius 2 is 1.81 bits per heavy atom. The van der Waals surface area contributed by atoms with Crippen LogP contribution >= 0.6 is 0 Å². The third-order valence-corrected chi connectivity index (χ3v) is 8.24. The number of fused-ring (bicyclic) bond motifs is 2. The summed E-state index contributed by atoms with van der Waals surface area (Å²) in [5.41, 5.74) is 1.56. The first-order valence-corrected chi connectivity index (χ1v) is 12.0. The van der Waals surface area contributed by atoms with E-state index in [-0.39, 0.29) is 11.8 Å². The molecule has 9 nitrogen and oxygen atoms in total. The zero-order valence-electron chi connectivity index (χ0n) is 17.9. The highest BCUT2D eigenvalue weighted by Gasteiger charge is 2.44. The fourth-order valence-corrected chi connectivity index (χ4v) is 6.35. The summed E-state index contributed by atoms with van der Waals surface area (Å²) in [5, 5.41) is 13.1. The summed E-state index contributed by atoms with van der Waals surface area (Å²) in [7, 11) is -1.93. The van der Waals surface area contributed by atoms with Crippen LogP contribution in [0, 0.1) is 18.8 Å². The van der Waals surface area contributed by atoms with Gasteiger partial charge in [-0.15, -0.1) is 15.3 Å². The quantitative estimate of drug-likeness (QED) is 0.594. The number of anilines is 1. The first kappa shape index (κ1) is 20.2. The molecule has 31 heavy (non-hydrogen) atoms. The van der Waals surface area contributed by atoms with Gasteiger partial charge in [0.1, 0.15) is 11.6 Å². The average molecular weight is 443 g/mol. The largest absolute Gasteiger partial charge is 0.496 e. The van der Waals surface area contributed by atoms with E-state index in [9.17, 15) is 8.42 Å². The highest BCUT2D eigenvalue weighted by atomic mass is 32.2. The Kier molecular flexibility index (Phi) is 4.86. The maximum atomic E-state index is 13.2. The number of aromatic nitrogens is 4. The Morgan fingerprint density at radius 1 is 1.06 bits per heavy atom. The predicted molar refractivity (Wildman–Crippen MR) is 116 cm³/mol. The van der Waals surface area contributed by atoms with Crippen LogP contribution < -0.4 is 9.64 Å². The Morgan fingerprint density at radius 3 is 2.45 bits per heavy atom. The lowest BCUT2D eigenvalue weighted by Crippen LogP contribution is -2.33. The molecule has 3 aromatic rings. The van der Waals surface area contributed by atoms with E-state index < -0.39 is 10.0 Å². The highest BCUT2D eigenvalue weighted by molar-refractivity contribution is 7.89. The summed E-state index contributed by atoms with van der Waals surface area (Å²) < 4.78 is 35.1. The number of aryl methyl sites for hydroxylation is 2. The van der Waals surface area contributed by atoms with E-state index in [1.807, 2.05) is 26.0 Å². The molecule has 0 spiro atoms. The first-order chi connectivity index (χ1) is 14.9. The van der Waals surface area contributed by atoms with Crippen molar-refractivity contribution >= 4 is 21.5 Å². The lowest BCUT2D eigenvalue weighted by molar-refractivity contribution is 0.411. The number of rotatable bonds is 5. The van der Waals surface area contributed by atoms with Crippen LogP contribution in [0.25, 0.3) is 5.65 Å². The third-order valence-electron chi connectivity index (χ3n) is 6.41. The third kappa shape index (κ3) is 3.34. The van der Waals surface area contributed by atoms with Gasteiger partial charge in [-0.2, -0.15) is 8.82 Å². The molecule has 2 unspecified atom stereocenters. The molecule has 4 heterocycles. The highest BCUT2D eigenvalue weighted by Crippen LogP contribution is 2.36. The molecular formula is C21H26N6O3S. The van der Waals surface area contributed by atoms with Crippen molar-refractivity contribution in [3.63, 3.8) is 0 Å². The molecular weight excluding hydrogens is 416 g/mol. The van der Waals surface area contributed by atoms with Crippen molar-refractivity contribution in [3.8, 4) is 5.75 Å². The number of nitrogens with zero attached hydrogens (tertiary/aromatic N) is 6. The van der Waals surface area contributed by atoms with Gasteiger partial charge in [0.25, 0.3) is 0 Å². The van der Waals surface area contributed by atoms with Gasteiger partial charge < -0.3 is 9.64 Å². The van der Waals surface area contributed by atoms with Crippen LogP contribution in [0.4, 0.5) is 5.82 Å². The molecule has 0 saturated carbocycles. The molecule has 2 saturated heterocycles. The van der Waals surface area contributed by atoms with Crippen LogP contribution in [-0.2, 0) is 16.4 Å². The summed E-state index contributed by atoms with van der Waals surface area (Å²) >= 11 is 0. The van der Waals surface area contributed by atoms with Gasteiger partial charge >= 0.3 is 0 Å². The zero-order chi connectivity index (χ0) is 21.8. The zero-order valence-corrected chi connectivity index (χ0v) is 18.7. The molecule has 2 aliphatic heterocycles. The maximum Gasteiger partial charge on any atom is 0.243 e. The summed E-state index contributed by atoms with van der Waals surface area (Å²) in [6, 6.07) is 8.95. The second-order valence-corrected chi connectivity index (χ2v) is 10.2. The van der Waals surface area contributed by atoms with E-state index in [1.54, 1.807) is 34.1 Å². The molecule has 2 atom stereocenters. The van der Waals surface area contributed by atoms with Crippen molar-refractivity contribution in [2.45, 2.75) is 25.2 Å². The molecule has 2 aromatic heterocycles. The molecule has 0 radical (unpaired) electrons. The van der Waals surface area contributed by atoms with Gasteiger partial charge in [-0.3, -0.25) is 0 Å². The Labute approximate surface area is 181 Å². The number of methoxy groups -OCH3 is 1. The van der Waals surface area contributed by atoms with Gasteiger partial charge in [-0.25, -0.2) is 8.42 Å². The van der Waals surface area contributed by atoms with Crippen molar-refractivity contribution in [2.75, 3.05) is 38.2 Å². The molecule has 1 aromatic carbocycles. The Balaban J connectivity index is 1.32. The lowest BCUT2D eigenvalue weighted by Gasteiger charge is -2.22. The smallest absolute Gasteiger partial charge is 0.243 e. The molecule has 5 rings (SSSR count). The summed E-state index contributed by atoms with van der Waals surface area (Å²) in [6.45, 7) is 6.54. The van der Waals surface area contributed by atoms with E-state index in [2.05, 4.69) is 15.1 Å². The van der Waals surface area contributed by atoms with Crippen LogP contribution in [0.1, 0.15) is 18.3 Å². The van der Waals surface area contributed by atoms with Gasteiger partial charge in [0.15, 0.2) is 11.5 Å².